The lowest BCUT2D eigenvalue weighted by molar-refractivity contribution is 1.29. The summed E-state index contributed by atoms with van der Waals surface area (Å²) < 4.78 is 0. The Morgan fingerprint density at radius 1 is 0.560 bits per heavy atom. The molecule has 122 valence electrons. The topological polar surface area (TPSA) is 104 Å². The molecule has 0 atom stereocenters. The molecule has 3 aromatic carbocycles. The number of para-hydroxylation sites is 2. The fraction of sp³-hybridized carbons (Fsp3) is 0. The third-order valence-corrected chi connectivity index (χ3v) is 4.12. The molecule has 5 nitrogen and oxygen atoms in total. The highest BCUT2D eigenvalue weighted by Crippen LogP contribution is 2.36. The quantitative estimate of drug-likeness (QED) is 0.487. The lowest BCUT2D eigenvalue weighted by atomic mass is 10.0. The first-order valence-corrected chi connectivity index (χ1v) is 7.90. The Bertz CT molecular complexity index is 1090. The van der Waals surface area contributed by atoms with E-state index in [9.17, 15) is 0 Å². The van der Waals surface area contributed by atoms with Gasteiger partial charge < -0.3 is 17.2 Å². The van der Waals surface area contributed by atoms with Crippen LogP contribution in [-0.2, 0) is 0 Å². The zero-order valence-corrected chi connectivity index (χ0v) is 13.5. The first-order valence-electron chi connectivity index (χ1n) is 7.90. The highest BCUT2D eigenvalue weighted by molar-refractivity contribution is 5.92. The van der Waals surface area contributed by atoms with Crippen LogP contribution in [0.3, 0.4) is 0 Å². The number of aromatic nitrogens is 2. The summed E-state index contributed by atoms with van der Waals surface area (Å²) in [6.07, 6.45) is 0. The second kappa shape index (κ2) is 5.79. The fourth-order valence-corrected chi connectivity index (χ4v) is 2.87. The van der Waals surface area contributed by atoms with Crippen LogP contribution in [0.4, 0.5) is 17.1 Å². The van der Waals surface area contributed by atoms with Crippen LogP contribution in [0.15, 0.2) is 66.7 Å². The molecule has 1 aromatic heterocycles. The average Bonchev–Trinajstić information content (AvgIpc) is 2.62. The molecule has 0 fully saturated rings. The molecule has 5 heteroatoms. The lowest BCUT2D eigenvalue weighted by Crippen LogP contribution is -2.00. The maximum atomic E-state index is 6.19. The standard InChI is InChI=1S/C20H17N5/c21-12-9-10-17-18(11-12)25-20(14-6-2-4-8-16(14)23)19(24-17)13-5-1-3-7-15(13)22/h1-11H,21-23H2. The van der Waals surface area contributed by atoms with Gasteiger partial charge >= 0.3 is 0 Å². The third-order valence-electron chi connectivity index (χ3n) is 4.12. The van der Waals surface area contributed by atoms with E-state index in [1.165, 1.54) is 0 Å². The van der Waals surface area contributed by atoms with E-state index in [-0.39, 0.29) is 0 Å². The number of anilines is 3. The Morgan fingerprint density at radius 2 is 1.08 bits per heavy atom. The van der Waals surface area contributed by atoms with Crippen LogP contribution in [0, 0.1) is 0 Å². The van der Waals surface area contributed by atoms with Crippen molar-refractivity contribution in [3.8, 4) is 22.5 Å². The molecule has 0 bridgehead atoms. The summed E-state index contributed by atoms with van der Waals surface area (Å²) in [7, 11) is 0. The number of nitrogen functional groups attached to an aromatic ring is 3. The van der Waals surface area contributed by atoms with Crippen molar-refractivity contribution in [3.05, 3.63) is 66.7 Å². The van der Waals surface area contributed by atoms with Crippen molar-refractivity contribution in [3.63, 3.8) is 0 Å². The Kier molecular flexibility index (Phi) is 3.47. The predicted octanol–water partition coefficient (Wildman–Crippen LogP) is 3.71. The number of nitrogens with zero attached hydrogens (tertiary/aromatic N) is 2. The third kappa shape index (κ3) is 2.61. The Morgan fingerprint density at radius 3 is 1.64 bits per heavy atom. The molecular weight excluding hydrogens is 310 g/mol. The minimum atomic E-state index is 0.635. The van der Waals surface area contributed by atoms with Crippen LogP contribution < -0.4 is 17.2 Å². The maximum absolute atomic E-state index is 6.19. The number of fused-ring (bicyclic) bond motifs is 1. The van der Waals surface area contributed by atoms with Crippen molar-refractivity contribution in [2.45, 2.75) is 0 Å². The molecule has 0 aliphatic carbocycles. The molecule has 4 rings (SSSR count). The Balaban J connectivity index is 2.09. The van der Waals surface area contributed by atoms with Crippen LogP contribution in [-0.4, -0.2) is 9.97 Å². The van der Waals surface area contributed by atoms with Crippen LogP contribution in [0.1, 0.15) is 0 Å². The van der Waals surface area contributed by atoms with Crippen molar-refractivity contribution in [1.82, 2.24) is 9.97 Å². The molecule has 0 saturated heterocycles. The van der Waals surface area contributed by atoms with E-state index in [1.54, 1.807) is 0 Å². The lowest BCUT2D eigenvalue weighted by Gasteiger charge is -2.13. The number of rotatable bonds is 2. The molecule has 4 aromatic rings. The fourth-order valence-electron chi connectivity index (χ4n) is 2.87. The van der Waals surface area contributed by atoms with Gasteiger partial charge in [0.05, 0.1) is 22.4 Å². The van der Waals surface area contributed by atoms with Crippen molar-refractivity contribution in [1.29, 1.82) is 0 Å². The molecule has 0 aliphatic rings. The summed E-state index contributed by atoms with van der Waals surface area (Å²) in [6.45, 7) is 0. The Labute approximate surface area is 145 Å². The van der Waals surface area contributed by atoms with Gasteiger partial charge in [0.15, 0.2) is 0 Å². The summed E-state index contributed by atoms with van der Waals surface area (Å²) in [5.74, 6) is 0. The summed E-state index contributed by atoms with van der Waals surface area (Å²) in [4.78, 5) is 9.62. The van der Waals surface area contributed by atoms with Crippen molar-refractivity contribution in [2.75, 3.05) is 17.2 Å². The van der Waals surface area contributed by atoms with E-state index < -0.39 is 0 Å². The van der Waals surface area contributed by atoms with Crippen molar-refractivity contribution >= 4 is 28.1 Å². The number of hydrogen-bond acceptors (Lipinski definition) is 5. The van der Waals surface area contributed by atoms with Gasteiger partial charge in [-0.25, -0.2) is 9.97 Å². The smallest absolute Gasteiger partial charge is 0.0994 e. The van der Waals surface area contributed by atoms with Gasteiger partial charge in [-0.2, -0.15) is 0 Å². The number of benzene rings is 3. The minimum absolute atomic E-state index is 0.635. The summed E-state index contributed by atoms with van der Waals surface area (Å²) in [6, 6.07) is 20.7. The van der Waals surface area contributed by atoms with Crippen LogP contribution in [0.5, 0.6) is 0 Å². The van der Waals surface area contributed by atoms with Gasteiger partial charge in [0.1, 0.15) is 0 Å². The van der Waals surface area contributed by atoms with E-state index >= 15 is 0 Å². The van der Waals surface area contributed by atoms with Crippen LogP contribution in [0.25, 0.3) is 33.5 Å². The maximum Gasteiger partial charge on any atom is 0.0994 e. The molecule has 0 unspecified atom stereocenters. The van der Waals surface area contributed by atoms with Crippen LogP contribution >= 0.6 is 0 Å². The number of nitrogens with two attached hydrogens (primary N) is 3. The highest BCUT2D eigenvalue weighted by atomic mass is 14.8. The van der Waals surface area contributed by atoms with Gasteiger partial charge in [-0.05, 0) is 30.3 Å². The van der Waals surface area contributed by atoms with Crippen molar-refractivity contribution in [2.24, 2.45) is 0 Å². The summed E-state index contributed by atoms with van der Waals surface area (Å²) in [5, 5.41) is 0. The normalized spacial score (nSPS) is 10.9. The zero-order chi connectivity index (χ0) is 17.4. The van der Waals surface area contributed by atoms with E-state index in [4.69, 9.17) is 27.2 Å². The van der Waals surface area contributed by atoms with E-state index in [0.29, 0.717) is 28.5 Å². The second-order valence-corrected chi connectivity index (χ2v) is 5.84. The van der Waals surface area contributed by atoms with Gasteiger partial charge in [-0.3, -0.25) is 0 Å². The summed E-state index contributed by atoms with van der Waals surface area (Å²) >= 11 is 0. The SMILES string of the molecule is Nc1ccc2nc(-c3ccccc3N)c(-c3ccccc3N)nc2c1. The van der Waals surface area contributed by atoms with E-state index in [2.05, 4.69) is 0 Å². The second-order valence-electron chi connectivity index (χ2n) is 5.84. The van der Waals surface area contributed by atoms with Gasteiger partial charge in [0.25, 0.3) is 0 Å². The molecule has 0 radical (unpaired) electrons. The molecule has 0 amide bonds. The first kappa shape index (κ1) is 15.0. The van der Waals surface area contributed by atoms with Gasteiger partial charge in [-0.15, -0.1) is 0 Å². The molecule has 25 heavy (non-hydrogen) atoms. The van der Waals surface area contributed by atoms with E-state index in [0.717, 1.165) is 22.2 Å². The number of hydrogen-bond donors (Lipinski definition) is 3. The zero-order valence-electron chi connectivity index (χ0n) is 13.5. The van der Waals surface area contributed by atoms with Crippen LogP contribution in [0.2, 0.25) is 0 Å². The molecule has 1 heterocycles. The summed E-state index contributed by atoms with van der Waals surface area (Å²) in [5.41, 5.74) is 24.7. The van der Waals surface area contributed by atoms with Crippen molar-refractivity contribution < 1.29 is 0 Å². The first-order chi connectivity index (χ1) is 12.1. The molecule has 0 saturated carbocycles. The molecule has 6 N–H and O–H groups in total. The predicted molar refractivity (Wildman–Crippen MR) is 104 cm³/mol. The molecule has 0 aliphatic heterocycles. The van der Waals surface area contributed by atoms with E-state index in [1.807, 2.05) is 66.7 Å². The van der Waals surface area contributed by atoms with Gasteiger partial charge in [0, 0.05) is 28.2 Å². The largest absolute Gasteiger partial charge is 0.399 e. The minimum Gasteiger partial charge on any atom is -0.399 e. The Hall–Kier alpha value is -3.60. The monoisotopic (exact) mass is 327 g/mol. The molecule has 0 spiro atoms. The molecular formula is C20H17N5. The van der Waals surface area contributed by atoms with Gasteiger partial charge in [0.2, 0.25) is 0 Å². The highest BCUT2D eigenvalue weighted by Gasteiger charge is 2.16. The van der Waals surface area contributed by atoms with Gasteiger partial charge in [-0.1, -0.05) is 36.4 Å². The average molecular weight is 327 g/mol.